The summed E-state index contributed by atoms with van der Waals surface area (Å²) in [6.45, 7) is 0.318. The van der Waals surface area contributed by atoms with Crippen LogP contribution >= 0.6 is 24.0 Å². The molecule has 8 heteroatoms. The number of hydrogen-bond acceptors (Lipinski definition) is 5. The highest BCUT2D eigenvalue weighted by atomic mass is 32.2. The van der Waals surface area contributed by atoms with Gasteiger partial charge in [0.25, 0.3) is 5.91 Å². The van der Waals surface area contributed by atoms with Crippen molar-refractivity contribution < 1.29 is 13.9 Å². The van der Waals surface area contributed by atoms with E-state index in [2.05, 4.69) is 0 Å². The topological polar surface area (TPSA) is 47.4 Å². The lowest BCUT2D eigenvalue weighted by molar-refractivity contribution is -0.123. The predicted octanol–water partition coefficient (Wildman–Crippen LogP) is 7.40. The van der Waals surface area contributed by atoms with E-state index in [0.717, 1.165) is 53.8 Å². The van der Waals surface area contributed by atoms with Gasteiger partial charge in [0.15, 0.2) is 0 Å². The molecule has 6 rings (SSSR count). The minimum atomic E-state index is -0.276. The molecule has 1 aromatic heterocycles. The molecule has 0 unspecified atom stereocenters. The number of thiocarbonyl (C=S) groups is 1. The van der Waals surface area contributed by atoms with E-state index in [4.69, 9.17) is 22.1 Å². The third kappa shape index (κ3) is 5.53. The van der Waals surface area contributed by atoms with Crippen molar-refractivity contribution in [3.05, 3.63) is 107 Å². The zero-order valence-corrected chi connectivity index (χ0v) is 22.8. The van der Waals surface area contributed by atoms with Crippen LogP contribution in [0, 0.1) is 5.82 Å². The van der Waals surface area contributed by atoms with Gasteiger partial charge in [-0.05, 0) is 60.9 Å². The average Bonchev–Trinajstić information content (AvgIpc) is 3.69. The number of aromatic nitrogens is 2. The van der Waals surface area contributed by atoms with E-state index in [-0.39, 0.29) is 17.8 Å². The summed E-state index contributed by atoms with van der Waals surface area (Å²) < 4.78 is 21.7. The van der Waals surface area contributed by atoms with E-state index in [1.54, 1.807) is 12.1 Å². The number of amides is 1. The van der Waals surface area contributed by atoms with Gasteiger partial charge in [-0.3, -0.25) is 9.69 Å². The molecule has 0 spiro atoms. The highest BCUT2D eigenvalue weighted by molar-refractivity contribution is 8.26. The van der Waals surface area contributed by atoms with E-state index in [1.807, 2.05) is 76.5 Å². The predicted molar refractivity (Wildman–Crippen MR) is 157 cm³/mol. The van der Waals surface area contributed by atoms with E-state index < -0.39 is 0 Å². The fourth-order valence-corrected chi connectivity index (χ4v) is 6.40. The fourth-order valence-electron chi connectivity index (χ4n) is 5.01. The van der Waals surface area contributed by atoms with Gasteiger partial charge < -0.3 is 4.74 Å². The second-order valence-corrected chi connectivity index (χ2v) is 11.3. The molecule has 1 amide bonds. The van der Waals surface area contributed by atoms with Crippen LogP contribution in [0.1, 0.15) is 36.8 Å². The molecule has 5 nitrogen and oxygen atoms in total. The molecule has 3 aromatic carbocycles. The van der Waals surface area contributed by atoms with Gasteiger partial charge in [0.1, 0.15) is 28.2 Å². The lowest BCUT2D eigenvalue weighted by Gasteiger charge is -2.21. The largest absolute Gasteiger partial charge is 0.489 e. The molecule has 2 heterocycles. The maximum Gasteiger partial charge on any atom is 0.266 e. The normalized spacial score (nSPS) is 16.9. The molecule has 1 aliphatic heterocycles. The number of nitrogens with zero attached hydrogens (tertiary/aromatic N) is 3. The number of halogens is 1. The van der Waals surface area contributed by atoms with Gasteiger partial charge in [0.05, 0.1) is 10.6 Å². The molecule has 1 saturated heterocycles. The SMILES string of the molecule is O=C1/C(=C/c2cn(-c3ccccc3)nc2-c2cccc(OCc3ccc(F)cc3)c2)SC(=S)N1C1CCCC1. The van der Waals surface area contributed by atoms with Crippen LogP contribution in [0.2, 0.25) is 0 Å². The molecule has 196 valence electrons. The first-order chi connectivity index (χ1) is 19.0. The molecule has 0 radical (unpaired) electrons. The van der Waals surface area contributed by atoms with Crippen LogP contribution in [0.25, 0.3) is 23.0 Å². The summed E-state index contributed by atoms with van der Waals surface area (Å²) in [5.74, 6) is 0.374. The number of carbonyl (C=O) groups excluding carboxylic acids is 1. The Morgan fingerprint density at radius 3 is 2.56 bits per heavy atom. The summed E-state index contributed by atoms with van der Waals surface area (Å²) in [6.07, 6.45) is 8.12. The number of para-hydroxylation sites is 1. The Morgan fingerprint density at radius 2 is 1.79 bits per heavy atom. The summed E-state index contributed by atoms with van der Waals surface area (Å²) in [6, 6.07) is 24.0. The quantitative estimate of drug-likeness (QED) is 0.176. The van der Waals surface area contributed by atoms with E-state index in [1.165, 1.54) is 23.9 Å². The van der Waals surface area contributed by atoms with Crippen LogP contribution in [0.5, 0.6) is 5.75 Å². The third-order valence-electron chi connectivity index (χ3n) is 6.99. The maximum absolute atomic E-state index is 13.4. The molecule has 0 bridgehead atoms. The molecule has 1 aliphatic carbocycles. The summed E-state index contributed by atoms with van der Waals surface area (Å²) in [5.41, 5.74) is 4.21. The summed E-state index contributed by atoms with van der Waals surface area (Å²) in [5, 5.41) is 4.91. The lowest BCUT2D eigenvalue weighted by Crippen LogP contribution is -2.36. The number of thioether (sulfide) groups is 1. The van der Waals surface area contributed by atoms with Gasteiger partial charge in [-0.15, -0.1) is 0 Å². The minimum absolute atomic E-state index is 0.0216. The fraction of sp³-hybridized carbons (Fsp3) is 0.194. The summed E-state index contributed by atoms with van der Waals surface area (Å²) >= 11 is 6.98. The Labute approximate surface area is 236 Å². The van der Waals surface area contributed by atoms with Crippen LogP contribution in [0.15, 0.2) is 90.0 Å². The second kappa shape index (κ2) is 11.2. The number of ether oxygens (including phenoxy) is 1. The van der Waals surface area contributed by atoms with Crippen molar-refractivity contribution in [3.8, 4) is 22.7 Å². The Morgan fingerprint density at radius 1 is 1.03 bits per heavy atom. The molecule has 39 heavy (non-hydrogen) atoms. The zero-order valence-electron chi connectivity index (χ0n) is 21.1. The third-order valence-corrected chi connectivity index (χ3v) is 8.32. The first kappa shape index (κ1) is 25.5. The van der Waals surface area contributed by atoms with E-state index >= 15 is 0 Å². The highest BCUT2D eigenvalue weighted by Gasteiger charge is 2.38. The first-order valence-electron chi connectivity index (χ1n) is 12.9. The van der Waals surface area contributed by atoms with Crippen LogP contribution in [0.4, 0.5) is 4.39 Å². The maximum atomic E-state index is 13.4. The van der Waals surface area contributed by atoms with Gasteiger partial charge in [-0.2, -0.15) is 5.10 Å². The number of carbonyl (C=O) groups is 1. The van der Waals surface area contributed by atoms with Gasteiger partial charge in [-0.25, -0.2) is 9.07 Å². The summed E-state index contributed by atoms with van der Waals surface area (Å²) in [4.78, 5) is 15.8. The number of benzene rings is 3. The summed E-state index contributed by atoms with van der Waals surface area (Å²) in [7, 11) is 0. The highest BCUT2D eigenvalue weighted by Crippen LogP contribution is 2.39. The first-order valence-corrected chi connectivity index (χ1v) is 14.2. The number of hydrogen-bond donors (Lipinski definition) is 0. The average molecular weight is 556 g/mol. The van der Waals surface area contributed by atoms with Crippen molar-refractivity contribution >= 4 is 40.3 Å². The zero-order chi connectivity index (χ0) is 26.8. The molecular formula is C31H26FN3O2S2. The Balaban J connectivity index is 1.33. The smallest absolute Gasteiger partial charge is 0.266 e. The molecule has 4 aromatic rings. The molecular weight excluding hydrogens is 529 g/mol. The van der Waals surface area contributed by atoms with Crippen molar-refractivity contribution in [2.45, 2.75) is 38.3 Å². The second-order valence-electron chi connectivity index (χ2n) is 9.65. The van der Waals surface area contributed by atoms with Crippen LogP contribution in [-0.4, -0.2) is 30.9 Å². The Hall–Kier alpha value is -3.75. The molecule has 2 aliphatic rings. The van der Waals surface area contributed by atoms with Crippen molar-refractivity contribution in [3.63, 3.8) is 0 Å². The van der Waals surface area contributed by atoms with Crippen molar-refractivity contribution in [1.29, 1.82) is 0 Å². The monoisotopic (exact) mass is 555 g/mol. The van der Waals surface area contributed by atoms with Crippen molar-refractivity contribution in [1.82, 2.24) is 14.7 Å². The van der Waals surface area contributed by atoms with Crippen LogP contribution in [0.3, 0.4) is 0 Å². The van der Waals surface area contributed by atoms with Crippen molar-refractivity contribution in [2.75, 3.05) is 0 Å². The molecule has 2 fully saturated rings. The minimum Gasteiger partial charge on any atom is -0.489 e. The standard InChI is InChI=1S/C31H26FN3O2S2/c32-24-15-13-21(14-16-24)20-37-27-12-6-7-22(17-27)29-23(19-34(33-29)25-8-2-1-3-9-25)18-28-30(36)35(31(38)39-28)26-10-4-5-11-26/h1-3,6-9,12-19,26H,4-5,10-11,20H2/b28-18-. The Kier molecular flexibility index (Phi) is 7.30. The van der Waals surface area contributed by atoms with Gasteiger partial charge >= 0.3 is 0 Å². The molecule has 1 saturated carbocycles. The van der Waals surface area contributed by atoms with Gasteiger partial charge in [-0.1, -0.05) is 79.3 Å². The van der Waals surface area contributed by atoms with Crippen LogP contribution < -0.4 is 4.74 Å². The Bertz CT molecular complexity index is 1540. The van der Waals surface area contributed by atoms with E-state index in [0.29, 0.717) is 21.6 Å². The number of rotatable bonds is 7. The molecule has 0 N–H and O–H groups in total. The molecule has 0 atom stereocenters. The lowest BCUT2D eigenvalue weighted by atomic mass is 10.1. The van der Waals surface area contributed by atoms with E-state index in [9.17, 15) is 9.18 Å². The van der Waals surface area contributed by atoms with Crippen LogP contribution in [-0.2, 0) is 11.4 Å². The van der Waals surface area contributed by atoms with Crippen molar-refractivity contribution in [2.24, 2.45) is 0 Å². The van der Waals surface area contributed by atoms with Gasteiger partial charge in [0.2, 0.25) is 0 Å². The van der Waals surface area contributed by atoms with Gasteiger partial charge in [0, 0.05) is 23.4 Å².